The zero-order chi connectivity index (χ0) is 34.8. The van der Waals surface area contributed by atoms with Crippen LogP contribution in [0.25, 0.3) is 104 Å². The van der Waals surface area contributed by atoms with Crippen LogP contribution in [-0.2, 0) is 0 Å². The first-order valence-electron chi connectivity index (χ1n) is 18.1. The predicted octanol–water partition coefficient (Wildman–Crippen LogP) is 12.1. The van der Waals surface area contributed by atoms with Crippen molar-refractivity contribution in [3.63, 3.8) is 0 Å². The Morgan fingerprint density at radius 2 is 0.943 bits per heavy atom. The van der Waals surface area contributed by atoms with Gasteiger partial charge in [0.25, 0.3) is 5.56 Å². The number of para-hydroxylation sites is 4. The van der Waals surface area contributed by atoms with Crippen molar-refractivity contribution in [1.82, 2.24) is 13.5 Å². The summed E-state index contributed by atoms with van der Waals surface area (Å²) in [5, 5.41) is 9.91. The molecule has 4 aromatic heterocycles. The standard InChI is InChI=1S/C49H29N3O/c53-49-39-17-5-4-14-34(39)37-19-10-20-38-41-28-30(24-27-44(41)52(49)48(37)38)33-18-11-23-45-47(33)40-26-25-32(29-46(40)50(45)31-12-2-1-3-13-31)51-42-21-8-6-15-35(42)36-16-7-9-22-43(36)51/h1-29H. The molecule has 4 nitrogen and oxygen atoms in total. The molecule has 0 atom stereocenters. The summed E-state index contributed by atoms with van der Waals surface area (Å²) in [7, 11) is 0. The van der Waals surface area contributed by atoms with Gasteiger partial charge < -0.3 is 9.13 Å². The fourth-order valence-electron chi connectivity index (χ4n) is 9.18. The largest absolute Gasteiger partial charge is 0.309 e. The number of pyridine rings is 1. The van der Waals surface area contributed by atoms with Crippen molar-refractivity contribution in [1.29, 1.82) is 0 Å². The first-order valence-corrected chi connectivity index (χ1v) is 18.1. The van der Waals surface area contributed by atoms with Crippen molar-refractivity contribution >= 4 is 81.6 Å². The van der Waals surface area contributed by atoms with Crippen LogP contribution in [0.3, 0.4) is 0 Å². The van der Waals surface area contributed by atoms with E-state index in [-0.39, 0.29) is 5.56 Å². The first-order chi connectivity index (χ1) is 26.2. The molecule has 12 aromatic rings. The number of nitrogens with zero attached hydrogens (tertiary/aromatic N) is 3. The fraction of sp³-hybridized carbons (Fsp3) is 0. The van der Waals surface area contributed by atoms with Gasteiger partial charge in [0, 0.05) is 54.5 Å². The van der Waals surface area contributed by atoms with E-state index in [0.29, 0.717) is 0 Å². The van der Waals surface area contributed by atoms with Crippen LogP contribution in [0.1, 0.15) is 0 Å². The van der Waals surface area contributed by atoms with Crippen LogP contribution in [0.5, 0.6) is 0 Å². The topological polar surface area (TPSA) is 31.3 Å². The van der Waals surface area contributed by atoms with Gasteiger partial charge in [0.15, 0.2) is 0 Å². The van der Waals surface area contributed by atoms with Crippen molar-refractivity contribution in [2.24, 2.45) is 0 Å². The van der Waals surface area contributed by atoms with Crippen LogP contribution in [0.4, 0.5) is 0 Å². The van der Waals surface area contributed by atoms with Crippen molar-refractivity contribution < 1.29 is 0 Å². The fourth-order valence-corrected chi connectivity index (χ4v) is 9.18. The highest BCUT2D eigenvalue weighted by Crippen LogP contribution is 2.42. The van der Waals surface area contributed by atoms with E-state index in [2.05, 4.69) is 167 Å². The summed E-state index contributed by atoms with van der Waals surface area (Å²) in [4.78, 5) is 14.0. The number of hydrogen-bond acceptors (Lipinski definition) is 1. The van der Waals surface area contributed by atoms with E-state index >= 15 is 0 Å². The highest BCUT2D eigenvalue weighted by Gasteiger charge is 2.21. The van der Waals surface area contributed by atoms with Gasteiger partial charge in [-0.3, -0.25) is 9.20 Å². The van der Waals surface area contributed by atoms with Gasteiger partial charge in [-0.1, -0.05) is 115 Å². The normalized spacial score (nSPS) is 12.2. The highest BCUT2D eigenvalue weighted by atomic mass is 16.1. The van der Waals surface area contributed by atoms with Crippen LogP contribution < -0.4 is 5.56 Å². The summed E-state index contributed by atoms with van der Waals surface area (Å²) >= 11 is 0. The summed E-state index contributed by atoms with van der Waals surface area (Å²) in [5.74, 6) is 0. The van der Waals surface area contributed by atoms with Gasteiger partial charge in [-0.15, -0.1) is 0 Å². The predicted molar refractivity (Wildman–Crippen MR) is 221 cm³/mol. The number of benzene rings is 8. The Morgan fingerprint density at radius 3 is 1.72 bits per heavy atom. The lowest BCUT2D eigenvalue weighted by Gasteiger charge is -2.11. The Bertz CT molecular complexity index is 3480. The van der Waals surface area contributed by atoms with E-state index in [0.717, 1.165) is 71.5 Å². The zero-order valence-electron chi connectivity index (χ0n) is 28.5. The molecule has 0 bridgehead atoms. The minimum Gasteiger partial charge on any atom is -0.309 e. The minimum absolute atomic E-state index is 0.0270. The molecule has 4 heterocycles. The first kappa shape index (κ1) is 28.5. The monoisotopic (exact) mass is 675 g/mol. The van der Waals surface area contributed by atoms with Gasteiger partial charge in [-0.25, -0.2) is 0 Å². The zero-order valence-corrected chi connectivity index (χ0v) is 28.5. The highest BCUT2D eigenvalue weighted by molar-refractivity contribution is 6.22. The van der Waals surface area contributed by atoms with Crippen molar-refractivity contribution in [2.75, 3.05) is 0 Å². The Morgan fingerprint density at radius 1 is 0.340 bits per heavy atom. The Balaban J connectivity index is 1.16. The summed E-state index contributed by atoms with van der Waals surface area (Å²) in [6.45, 7) is 0. The van der Waals surface area contributed by atoms with E-state index in [4.69, 9.17) is 0 Å². The summed E-state index contributed by atoms with van der Waals surface area (Å²) in [6, 6.07) is 62.6. The van der Waals surface area contributed by atoms with Gasteiger partial charge in [-0.2, -0.15) is 0 Å². The van der Waals surface area contributed by atoms with Gasteiger partial charge in [0.2, 0.25) is 0 Å². The molecule has 4 heteroatoms. The maximum atomic E-state index is 14.0. The molecular formula is C49H29N3O. The molecule has 0 N–H and O–H groups in total. The second-order valence-corrected chi connectivity index (χ2v) is 14.1. The maximum Gasteiger partial charge on any atom is 0.263 e. The second kappa shape index (κ2) is 10.4. The molecule has 53 heavy (non-hydrogen) atoms. The van der Waals surface area contributed by atoms with Crippen molar-refractivity contribution in [3.8, 4) is 22.5 Å². The van der Waals surface area contributed by atoms with Gasteiger partial charge in [0.05, 0.1) is 33.1 Å². The lowest BCUT2D eigenvalue weighted by molar-refractivity contribution is 1.15. The van der Waals surface area contributed by atoms with E-state index < -0.39 is 0 Å². The number of hydrogen-bond donors (Lipinski definition) is 0. The van der Waals surface area contributed by atoms with Gasteiger partial charge in [0.1, 0.15) is 0 Å². The lowest BCUT2D eigenvalue weighted by Crippen LogP contribution is -2.12. The van der Waals surface area contributed by atoms with E-state index in [1.54, 1.807) is 0 Å². The van der Waals surface area contributed by atoms with Crippen LogP contribution in [0, 0.1) is 0 Å². The number of aromatic nitrogens is 3. The third-order valence-corrected chi connectivity index (χ3v) is 11.4. The molecule has 0 amide bonds. The molecular weight excluding hydrogens is 647 g/mol. The SMILES string of the molecule is O=c1c2ccccc2c2cccc3c4cc(-c5cccc6c5c5ccc(-n7c8ccccc8c8ccccc87)cc5n6-c5ccccc5)ccc4n1c23. The molecule has 0 saturated heterocycles. The smallest absolute Gasteiger partial charge is 0.263 e. The van der Waals surface area contributed by atoms with Gasteiger partial charge >= 0.3 is 0 Å². The molecule has 0 fully saturated rings. The number of fused-ring (bicyclic) bond motifs is 11. The van der Waals surface area contributed by atoms with Crippen LogP contribution in [-0.4, -0.2) is 13.5 Å². The maximum absolute atomic E-state index is 14.0. The quantitative estimate of drug-likeness (QED) is 0.172. The average Bonchev–Trinajstić information content (AvgIpc) is 3.86. The van der Waals surface area contributed by atoms with Crippen molar-refractivity contribution in [3.05, 3.63) is 186 Å². The molecule has 0 aliphatic heterocycles. The minimum atomic E-state index is 0.0270. The molecule has 8 aromatic carbocycles. The van der Waals surface area contributed by atoms with Crippen molar-refractivity contribution in [2.45, 2.75) is 0 Å². The van der Waals surface area contributed by atoms with Crippen LogP contribution >= 0.6 is 0 Å². The molecule has 0 radical (unpaired) electrons. The summed E-state index contributed by atoms with van der Waals surface area (Å²) in [6.07, 6.45) is 0. The van der Waals surface area contributed by atoms with E-state index in [9.17, 15) is 4.79 Å². The van der Waals surface area contributed by atoms with Crippen LogP contribution in [0.15, 0.2) is 181 Å². The number of rotatable bonds is 3. The molecule has 246 valence electrons. The molecule has 0 unspecified atom stereocenters. The molecule has 0 aliphatic rings. The van der Waals surface area contributed by atoms with Crippen LogP contribution in [0.2, 0.25) is 0 Å². The molecule has 0 spiro atoms. The Hall–Kier alpha value is -7.17. The Kier molecular flexibility index (Phi) is 5.62. The van der Waals surface area contributed by atoms with E-state index in [1.807, 2.05) is 22.6 Å². The van der Waals surface area contributed by atoms with E-state index in [1.165, 1.54) is 32.6 Å². The third kappa shape index (κ3) is 3.76. The third-order valence-electron chi connectivity index (χ3n) is 11.4. The Labute approximate surface area is 302 Å². The second-order valence-electron chi connectivity index (χ2n) is 14.1. The lowest BCUT2D eigenvalue weighted by atomic mass is 9.97. The average molecular weight is 676 g/mol. The van der Waals surface area contributed by atoms with Gasteiger partial charge in [-0.05, 0) is 77.2 Å². The molecule has 12 rings (SSSR count). The summed E-state index contributed by atoms with van der Waals surface area (Å²) in [5.41, 5.74) is 11.2. The molecule has 0 aliphatic carbocycles. The summed E-state index contributed by atoms with van der Waals surface area (Å²) < 4.78 is 6.72. The molecule has 0 saturated carbocycles.